The van der Waals surface area contributed by atoms with E-state index in [0.29, 0.717) is 26.3 Å². The smallest absolute Gasteiger partial charge is 0.333 e. The van der Waals surface area contributed by atoms with Crippen molar-refractivity contribution >= 4 is 50.0 Å². The number of amides is 1. The van der Waals surface area contributed by atoms with E-state index >= 15 is 0 Å². The molecule has 2 aromatic heterocycles. The third kappa shape index (κ3) is 4.05. The molecule has 1 fully saturated rings. The molecular weight excluding hydrogens is 442 g/mol. The SMILES string of the molecule is CCn1c(=O)c2sc(N3CCCC3)nc2n(CC(=O)Nc2ccc(OC)c(Cl)c2)c1=O. The number of methoxy groups -OCH3 is 1. The zero-order chi connectivity index (χ0) is 22.1. The largest absolute Gasteiger partial charge is 0.495 e. The molecule has 1 N–H and O–H groups in total. The molecule has 1 aliphatic rings. The Morgan fingerprint density at radius 2 is 2.00 bits per heavy atom. The summed E-state index contributed by atoms with van der Waals surface area (Å²) in [5, 5.41) is 3.79. The van der Waals surface area contributed by atoms with Gasteiger partial charge in [0, 0.05) is 25.3 Å². The van der Waals surface area contributed by atoms with Gasteiger partial charge < -0.3 is 15.0 Å². The minimum Gasteiger partial charge on any atom is -0.495 e. The maximum Gasteiger partial charge on any atom is 0.333 e. The van der Waals surface area contributed by atoms with Gasteiger partial charge in [-0.1, -0.05) is 22.9 Å². The first-order valence-corrected chi connectivity index (χ1v) is 11.1. The maximum atomic E-state index is 13.0. The lowest BCUT2D eigenvalue weighted by Gasteiger charge is -2.12. The fraction of sp³-hybridized carbons (Fsp3) is 0.400. The van der Waals surface area contributed by atoms with Crippen molar-refractivity contribution < 1.29 is 9.53 Å². The Bertz CT molecular complexity index is 1260. The molecule has 4 rings (SSSR count). The van der Waals surface area contributed by atoms with Crippen LogP contribution < -0.4 is 26.2 Å². The van der Waals surface area contributed by atoms with Crippen molar-refractivity contribution in [3.05, 3.63) is 44.1 Å². The van der Waals surface area contributed by atoms with Crippen molar-refractivity contribution in [2.75, 3.05) is 30.4 Å². The molecular formula is C20H22ClN5O4S. The van der Waals surface area contributed by atoms with E-state index in [2.05, 4.69) is 15.2 Å². The van der Waals surface area contributed by atoms with Gasteiger partial charge in [0.1, 0.15) is 17.0 Å². The number of fused-ring (bicyclic) bond motifs is 1. The summed E-state index contributed by atoms with van der Waals surface area (Å²) in [6.45, 7) is 3.39. The summed E-state index contributed by atoms with van der Waals surface area (Å²) in [7, 11) is 1.50. The van der Waals surface area contributed by atoms with Crippen molar-refractivity contribution in [1.29, 1.82) is 0 Å². The molecule has 0 spiro atoms. The number of aromatic nitrogens is 3. The van der Waals surface area contributed by atoms with Crippen LogP contribution in [0.5, 0.6) is 5.75 Å². The molecule has 1 aromatic carbocycles. The van der Waals surface area contributed by atoms with Crippen LogP contribution in [0.1, 0.15) is 19.8 Å². The summed E-state index contributed by atoms with van der Waals surface area (Å²) in [4.78, 5) is 45.2. The number of nitrogens with zero attached hydrogens (tertiary/aromatic N) is 4. The lowest BCUT2D eigenvalue weighted by Crippen LogP contribution is -2.41. The average molecular weight is 464 g/mol. The fourth-order valence-corrected chi connectivity index (χ4v) is 4.95. The maximum absolute atomic E-state index is 13.0. The summed E-state index contributed by atoms with van der Waals surface area (Å²) < 4.78 is 7.88. The Morgan fingerprint density at radius 3 is 2.65 bits per heavy atom. The zero-order valence-electron chi connectivity index (χ0n) is 17.2. The topological polar surface area (TPSA) is 98.5 Å². The number of hydrogen-bond donors (Lipinski definition) is 1. The number of hydrogen-bond acceptors (Lipinski definition) is 7. The molecule has 3 aromatic rings. The van der Waals surface area contributed by atoms with Crippen LogP contribution in [0.2, 0.25) is 5.02 Å². The summed E-state index contributed by atoms with van der Waals surface area (Å²) in [5.74, 6) is 0.0613. The van der Waals surface area contributed by atoms with E-state index in [9.17, 15) is 14.4 Å². The number of anilines is 2. The minimum absolute atomic E-state index is 0.209. The van der Waals surface area contributed by atoms with E-state index in [1.54, 1.807) is 25.1 Å². The monoisotopic (exact) mass is 463 g/mol. The second-order valence-electron chi connectivity index (χ2n) is 7.16. The lowest BCUT2D eigenvalue weighted by atomic mass is 10.3. The average Bonchev–Trinajstić information content (AvgIpc) is 3.42. The number of rotatable bonds is 6. The van der Waals surface area contributed by atoms with Gasteiger partial charge in [-0.05, 0) is 38.0 Å². The zero-order valence-corrected chi connectivity index (χ0v) is 18.8. The highest BCUT2D eigenvalue weighted by atomic mass is 35.5. The third-order valence-corrected chi connectivity index (χ3v) is 6.57. The van der Waals surface area contributed by atoms with Crippen molar-refractivity contribution in [1.82, 2.24) is 14.1 Å². The molecule has 0 bridgehead atoms. The van der Waals surface area contributed by atoms with Crippen molar-refractivity contribution in [2.45, 2.75) is 32.9 Å². The second-order valence-corrected chi connectivity index (χ2v) is 8.54. The van der Waals surface area contributed by atoms with E-state index in [0.717, 1.165) is 30.5 Å². The quantitative estimate of drug-likeness (QED) is 0.603. The second kappa shape index (κ2) is 8.72. The van der Waals surface area contributed by atoms with E-state index in [4.69, 9.17) is 16.3 Å². The van der Waals surface area contributed by atoms with E-state index in [1.807, 2.05) is 0 Å². The molecule has 1 amide bonds. The van der Waals surface area contributed by atoms with E-state index in [1.165, 1.54) is 23.0 Å². The van der Waals surface area contributed by atoms with Crippen molar-refractivity contribution in [3.63, 3.8) is 0 Å². The first kappa shape index (κ1) is 21.4. The predicted molar refractivity (Wildman–Crippen MR) is 122 cm³/mol. The normalized spacial score (nSPS) is 13.7. The third-order valence-electron chi connectivity index (χ3n) is 5.18. The molecule has 1 saturated heterocycles. The Hall–Kier alpha value is -2.85. The first-order chi connectivity index (χ1) is 14.9. The van der Waals surface area contributed by atoms with Crippen LogP contribution in [0, 0.1) is 0 Å². The summed E-state index contributed by atoms with van der Waals surface area (Å²) >= 11 is 7.38. The highest BCUT2D eigenvalue weighted by molar-refractivity contribution is 7.22. The number of carbonyl (C=O) groups excluding carboxylic acids is 1. The van der Waals surface area contributed by atoms with Gasteiger partial charge in [0.05, 0.1) is 12.1 Å². The van der Waals surface area contributed by atoms with Crippen molar-refractivity contribution in [2.24, 2.45) is 0 Å². The predicted octanol–water partition coefficient (Wildman–Crippen LogP) is 2.54. The molecule has 3 heterocycles. The molecule has 9 nitrogen and oxygen atoms in total. The van der Waals surface area contributed by atoms with Crippen molar-refractivity contribution in [3.8, 4) is 5.75 Å². The summed E-state index contributed by atoms with van der Waals surface area (Å²) in [6, 6.07) is 4.86. The van der Waals surface area contributed by atoms with E-state index < -0.39 is 11.6 Å². The molecule has 0 aliphatic carbocycles. The van der Waals surface area contributed by atoms with Crippen LogP contribution in [-0.4, -0.2) is 40.2 Å². The number of benzene rings is 1. The van der Waals surface area contributed by atoms with Gasteiger partial charge in [0.15, 0.2) is 10.8 Å². The van der Waals surface area contributed by atoms with Gasteiger partial charge >= 0.3 is 5.69 Å². The summed E-state index contributed by atoms with van der Waals surface area (Å²) in [6.07, 6.45) is 2.13. The molecule has 164 valence electrons. The van der Waals surface area contributed by atoms with Gasteiger partial charge in [-0.15, -0.1) is 0 Å². The van der Waals surface area contributed by atoms with Crippen LogP contribution >= 0.6 is 22.9 Å². The molecule has 31 heavy (non-hydrogen) atoms. The molecule has 0 atom stereocenters. The molecule has 11 heteroatoms. The van der Waals surface area contributed by atoms with Crippen LogP contribution in [0.4, 0.5) is 10.8 Å². The highest BCUT2D eigenvalue weighted by Crippen LogP contribution is 2.29. The van der Waals surface area contributed by atoms with Gasteiger partial charge in [0.2, 0.25) is 5.91 Å². The Labute approximate surface area is 186 Å². The number of ether oxygens (including phenoxy) is 1. The lowest BCUT2D eigenvalue weighted by molar-refractivity contribution is -0.116. The van der Waals surface area contributed by atoms with Gasteiger partial charge in [-0.2, -0.15) is 0 Å². The van der Waals surface area contributed by atoms with Crippen LogP contribution in [-0.2, 0) is 17.9 Å². The Kier molecular flexibility index (Phi) is 6.01. The standard InChI is InChI=1S/C20H22ClN5O4S/c1-3-25-18(28)16-17(23-19(31-16)24-8-4-5-9-24)26(20(25)29)11-15(27)22-12-6-7-14(30-2)13(21)10-12/h6-7,10H,3-5,8-9,11H2,1-2H3,(H,22,27). The van der Waals surface area contributed by atoms with Gasteiger partial charge in [0.25, 0.3) is 5.56 Å². The Morgan fingerprint density at radius 1 is 1.26 bits per heavy atom. The van der Waals surface area contributed by atoms with Crippen LogP contribution in [0.3, 0.4) is 0 Å². The highest BCUT2D eigenvalue weighted by Gasteiger charge is 2.22. The summed E-state index contributed by atoms with van der Waals surface area (Å²) in [5.41, 5.74) is -0.209. The Balaban J connectivity index is 1.70. The molecule has 0 unspecified atom stereocenters. The van der Waals surface area contributed by atoms with Gasteiger partial charge in [-0.3, -0.25) is 18.7 Å². The molecule has 0 saturated carbocycles. The number of halogens is 1. The van der Waals surface area contributed by atoms with Gasteiger partial charge in [-0.25, -0.2) is 9.78 Å². The minimum atomic E-state index is -0.554. The number of nitrogens with one attached hydrogen (secondary N) is 1. The van der Waals surface area contributed by atoms with E-state index in [-0.39, 0.29) is 24.3 Å². The fourth-order valence-electron chi connectivity index (χ4n) is 3.62. The van der Waals surface area contributed by atoms with Crippen LogP contribution in [0.15, 0.2) is 27.8 Å². The first-order valence-electron chi connectivity index (χ1n) is 9.95. The number of thiazole rings is 1. The number of carbonyl (C=O) groups is 1. The molecule has 1 aliphatic heterocycles. The van der Waals surface area contributed by atoms with Crippen LogP contribution in [0.25, 0.3) is 10.3 Å². The molecule has 0 radical (unpaired) electrons.